The van der Waals surface area contributed by atoms with Gasteiger partial charge in [-0.1, -0.05) is 18.9 Å². The zero-order valence-corrected chi connectivity index (χ0v) is 18.7. The summed E-state index contributed by atoms with van der Waals surface area (Å²) in [6.45, 7) is 1.11. The van der Waals surface area contributed by atoms with Gasteiger partial charge in [0.2, 0.25) is 15.9 Å². The van der Waals surface area contributed by atoms with Gasteiger partial charge >= 0.3 is 0 Å². The standard InChI is InChI=1S/C23H28N2O5S/c1-29-21-13-7-18(17-22(21)30-2)8-14-23(26)24-19-9-11-20(12-10-19)31(27,28)25-15-5-3-4-6-16-25/h7-14,17H,3-6,15-16H2,1-2H3,(H,24,26)/b14-8+. The number of rotatable bonds is 7. The smallest absolute Gasteiger partial charge is 0.248 e. The molecule has 8 heteroatoms. The Morgan fingerprint density at radius 1 is 0.935 bits per heavy atom. The van der Waals surface area contributed by atoms with E-state index >= 15 is 0 Å². The fraction of sp³-hybridized carbons (Fsp3) is 0.348. The quantitative estimate of drug-likeness (QED) is 0.655. The van der Waals surface area contributed by atoms with Crippen LogP contribution in [0.5, 0.6) is 11.5 Å². The van der Waals surface area contributed by atoms with Gasteiger partial charge in [0.05, 0.1) is 19.1 Å². The normalized spacial score (nSPS) is 15.4. The van der Waals surface area contributed by atoms with Crippen molar-refractivity contribution in [2.24, 2.45) is 0 Å². The monoisotopic (exact) mass is 444 g/mol. The molecular formula is C23H28N2O5S. The van der Waals surface area contributed by atoms with Gasteiger partial charge in [0.15, 0.2) is 11.5 Å². The number of ether oxygens (including phenoxy) is 2. The molecule has 0 unspecified atom stereocenters. The summed E-state index contributed by atoms with van der Waals surface area (Å²) >= 11 is 0. The van der Waals surface area contributed by atoms with Crippen molar-refractivity contribution < 1.29 is 22.7 Å². The lowest BCUT2D eigenvalue weighted by atomic mass is 10.2. The maximum absolute atomic E-state index is 12.8. The van der Waals surface area contributed by atoms with Gasteiger partial charge in [-0.05, 0) is 60.9 Å². The molecule has 0 saturated carbocycles. The van der Waals surface area contributed by atoms with Crippen LogP contribution in [0.15, 0.2) is 53.4 Å². The number of methoxy groups -OCH3 is 2. The van der Waals surface area contributed by atoms with E-state index < -0.39 is 10.0 Å². The Labute approximate surface area is 183 Å². The zero-order chi connectivity index (χ0) is 22.3. The van der Waals surface area contributed by atoms with Crippen molar-refractivity contribution in [1.82, 2.24) is 4.31 Å². The molecule has 2 aromatic carbocycles. The first-order chi connectivity index (χ1) is 14.9. The molecule has 166 valence electrons. The number of hydrogen-bond acceptors (Lipinski definition) is 5. The van der Waals surface area contributed by atoms with E-state index in [1.165, 1.54) is 18.2 Å². The molecule has 0 bridgehead atoms. The number of sulfonamides is 1. The van der Waals surface area contributed by atoms with Crippen LogP contribution >= 0.6 is 0 Å². The summed E-state index contributed by atoms with van der Waals surface area (Å²) in [7, 11) is -0.394. The molecule has 1 heterocycles. The predicted octanol–water partition coefficient (Wildman–Crippen LogP) is 3.92. The third-order valence-electron chi connectivity index (χ3n) is 5.16. The van der Waals surface area contributed by atoms with Crippen LogP contribution in [0.25, 0.3) is 6.08 Å². The molecule has 31 heavy (non-hydrogen) atoms. The zero-order valence-electron chi connectivity index (χ0n) is 17.8. The summed E-state index contributed by atoms with van der Waals surface area (Å²) in [5, 5.41) is 2.74. The van der Waals surface area contributed by atoms with E-state index in [-0.39, 0.29) is 10.8 Å². The Morgan fingerprint density at radius 3 is 2.19 bits per heavy atom. The first-order valence-corrected chi connectivity index (χ1v) is 11.7. The molecule has 1 aliphatic heterocycles. The molecule has 2 aromatic rings. The average molecular weight is 445 g/mol. The van der Waals surface area contributed by atoms with E-state index in [0.717, 1.165) is 31.2 Å². The van der Waals surface area contributed by atoms with Gasteiger partial charge in [0.1, 0.15) is 0 Å². The molecule has 7 nitrogen and oxygen atoms in total. The Bertz CT molecular complexity index is 1020. The minimum Gasteiger partial charge on any atom is -0.493 e. The van der Waals surface area contributed by atoms with Crippen LogP contribution in [-0.4, -0.2) is 45.9 Å². The topological polar surface area (TPSA) is 84.9 Å². The van der Waals surface area contributed by atoms with Gasteiger partial charge in [0, 0.05) is 24.9 Å². The fourth-order valence-corrected chi connectivity index (χ4v) is 4.97. The molecule has 1 N–H and O–H groups in total. The number of carbonyl (C=O) groups is 1. The number of nitrogens with zero attached hydrogens (tertiary/aromatic N) is 1. The molecule has 1 fully saturated rings. The minimum absolute atomic E-state index is 0.244. The van der Waals surface area contributed by atoms with Crippen LogP contribution in [0, 0.1) is 0 Å². The molecule has 0 atom stereocenters. The van der Waals surface area contributed by atoms with Crippen molar-refractivity contribution in [1.29, 1.82) is 0 Å². The number of carbonyl (C=O) groups excluding carboxylic acids is 1. The second-order valence-corrected chi connectivity index (χ2v) is 9.22. The highest BCUT2D eigenvalue weighted by molar-refractivity contribution is 7.89. The number of nitrogens with one attached hydrogen (secondary N) is 1. The number of benzene rings is 2. The maximum Gasteiger partial charge on any atom is 0.248 e. The van der Waals surface area contributed by atoms with Gasteiger partial charge in [-0.2, -0.15) is 4.31 Å². The molecule has 0 aliphatic carbocycles. The highest BCUT2D eigenvalue weighted by Gasteiger charge is 2.24. The van der Waals surface area contributed by atoms with Gasteiger partial charge in [-0.15, -0.1) is 0 Å². The highest BCUT2D eigenvalue weighted by Crippen LogP contribution is 2.28. The fourth-order valence-electron chi connectivity index (χ4n) is 3.45. The summed E-state index contributed by atoms with van der Waals surface area (Å²) < 4.78 is 37.7. The Hall–Kier alpha value is -2.84. The third kappa shape index (κ3) is 5.86. The lowest BCUT2D eigenvalue weighted by Gasteiger charge is -2.20. The summed E-state index contributed by atoms with van der Waals surface area (Å²) in [4.78, 5) is 12.5. The van der Waals surface area contributed by atoms with E-state index in [4.69, 9.17) is 9.47 Å². The van der Waals surface area contributed by atoms with Crippen LogP contribution in [0.4, 0.5) is 5.69 Å². The van der Waals surface area contributed by atoms with Crippen molar-refractivity contribution >= 4 is 27.7 Å². The predicted molar refractivity (Wildman–Crippen MR) is 121 cm³/mol. The summed E-state index contributed by atoms with van der Waals surface area (Å²) in [5.41, 5.74) is 1.31. The second-order valence-electron chi connectivity index (χ2n) is 7.28. The third-order valence-corrected chi connectivity index (χ3v) is 7.07. The summed E-state index contributed by atoms with van der Waals surface area (Å²) in [5.74, 6) is 0.864. The molecule has 1 saturated heterocycles. The molecular weight excluding hydrogens is 416 g/mol. The Morgan fingerprint density at radius 2 is 1.58 bits per heavy atom. The molecule has 0 spiro atoms. The van der Waals surface area contributed by atoms with Gasteiger partial charge in [0.25, 0.3) is 0 Å². The average Bonchev–Trinajstić information content (AvgIpc) is 3.08. The first kappa shape index (κ1) is 22.8. The van der Waals surface area contributed by atoms with Gasteiger partial charge in [-0.25, -0.2) is 8.42 Å². The Kier molecular flexibility index (Phi) is 7.70. The highest BCUT2D eigenvalue weighted by atomic mass is 32.2. The van der Waals surface area contributed by atoms with Crippen LogP contribution in [0.1, 0.15) is 31.2 Å². The van der Waals surface area contributed by atoms with Crippen LogP contribution in [0.2, 0.25) is 0 Å². The second kappa shape index (κ2) is 10.5. The summed E-state index contributed by atoms with van der Waals surface area (Å²) in [6, 6.07) is 11.6. The summed E-state index contributed by atoms with van der Waals surface area (Å²) in [6.07, 6.45) is 6.97. The van der Waals surface area contributed by atoms with E-state index in [1.807, 2.05) is 6.07 Å². The van der Waals surface area contributed by atoms with Crippen LogP contribution in [0.3, 0.4) is 0 Å². The van der Waals surface area contributed by atoms with E-state index in [2.05, 4.69) is 5.32 Å². The van der Waals surface area contributed by atoms with Crippen molar-refractivity contribution in [3.05, 3.63) is 54.1 Å². The van der Waals surface area contributed by atoms with E-state index in [1.54, 1.807) is 48.9 Å². The first-order valence-electron chi connectivity index (χ1n) is 10.3. The van der Waals surface area contributed by atoms with Crippen molar-refractivity contribution in [2.75, 3.05) is 32.6 Å². The van der Waals surface area contributed by atoms with Gasteiger partial charge < -0.3 is 14.8 Å². The molecule has 0 aromatic heterocycles. The number of anilines is 1. The van der Waals surface area contributed by atoms with Crippen LogP contribution < -0.4 is 14.8 Å². The lowest BCUT2D eigenvalue weighted by molar-refractivity contribution is -0.111. The lowest BCUT2D eigenvalue weighted by Crippen LogP contribution is -2.31. The molecule has 1 amide bonds. The maximum atomic E-state index is 12.8. The van der Waals surface area contributed by atoms with Crippen molar-refractivity contribution in [3.8, 4) is 11.5 Å². The minimum atomic E-state index is -3.50. The van der Waals surface area contributed by atoms with Crippen molar-refractivity contribution in [2.45, 2.75) is 30.6 Å². The van der Waals surface area contributed by atoms with Crippen LogP contribution in [-0.2, 0) is 14.8 Å². The van der Waals surface area contributed by atoms with E-state index in [0.29, 0.717) is 30.3 Å². The number of hydrogen-bond donors (Lipinski definition) is 1. The molecule has 3 rings (SSSR count). The Balaban J connectivity index is 1.64. The number of amides is 1. The largest absolute Gasteiger partial charge is 0.493 e. The SMILES string of the molecule is COc1ccc(/C=C/C(=O)Nc2ccc(S(=O)(=O)N3CCCCCC3)cc2)cc1OC. The van der Waals surface area contributed by atoms with Gasteiger partial charge in [-0.3, -0.25) is 4.79 Å². The molecule has 1 aliphatic rings. The molecule has 0 radical (unpaired) electrons. The van der Waals surface area contributed by atoms with E-state index in [9.17, 15) is 13.2 Å². The van der Waals surface area contributed by atoms with Crippen molar-refractivity contribution in [3.63, 3.8) is 0 Å².